The number of carbonyl (C=O) groups is 1. The topological polar surface area (TPSA) is 20.3 Å². The molecule has 0 heterocycles. The second-order valence-corrected chi connectivity index (χ2v) is 6.48. The summed E-state index contributed by atoms with van der Waals surface area (Å²) in [5.41, 5.74) is 1.53. The molecule has 1 aliphatic carbocycles. The summed E-state index contributed by atoms with van der Waals surface area (Å²) in [6.07, 6.45) is 2.46. The number of hydrogen-bond acceptors (Lipinski definition) is 1. The van der Waals surface area contributed by atoms with Crippen LogP contribution in [-0.4, -0.2) is 17.4 Å². The van der Waals surface area contributed by atoms with E-state index < -0.39 is 0 Å². The molecule has 2 unspecified atom stereocenters. The van der Waals surface area contributed by atoms with Crippen LogP contribution in [0.4, 0.5) is 4.39 Å². The van der Waals surface area contributed by atoms with Crippen molar-refractivity contribution in [1.29, 1.82) is 0 Å². The Morgan fingerprint density at radius 3 is 2.67 bits per heavy atom. The lowest BCUT2D eigenvalue weighted by Crippen LogP contribution is -2.32. The van der Waals surface area contributed by atoms with Crippen molar-refractivity contribution >= 4 is 17.5 Å². The van der Waals surface area contributed by atoms with E-state index in [0.29, 0.717) is 17.1 Å². The molecule has 1 amide bonds. The van der Waals surface area contributed by atoms with Crippen molar-refractivity contribution < 1.29 is 9.18 Å². The SMILES string of the molecule is C=CCN(Cc1ccccc1F)C(=O)C1CC1c1ccccc1Cl. The van der Waals surface area contributed by atoms with Crippen molar-refractivity contribution in [3.05, 3.63) is 83.2 Å². The second kappa shape index (κ2) is 7.18. The molecular weight excluding hydrogens is 325 g/mol. The highest BCUT2D eigenvalue weighted by molar-refractivity contribution is 6.31. The van der Waals surface area contributed by atoms with E-state index in [1.54, 1.807) is 29.2 Å². The van der Waals surface area contributed by atoms with Crippen LogP contribution in [0.1, 0.15) is 23.5 Å². The molecule has 0 spiro atoms. The van der Waals surface area contributed by atoms with Gasteiger partial charge in [-0.3, -0.25) is 4.79 Å². The van der Waals surface area contributed by atoms with E-state index in [1.165, 1.54) is 6.07 Å². The molecule has 0 bridgehead atoms. The molecule has 2 aromatic rings. The maximum absolute atomic E-state index is 13.9. The maximum Gasteiger partial charge on any atom is 0.226 e. The summed E-state index contributed by atoms with van der Waals surface area (Å²) in [5, 5.41) is 0.696. The number of amides is 1. The fourth-order valence-electron chi connectivity index (χ4n) is 3.04. The highest BCUT2D eigenvalue weighted by Crippen LogP contribution is 2.50. The Morgan fingerprint density at radius 1 is 1.25 bits per heavy atom. The third-order valence-corrected chi connectivity index (χ3v) is 4.74. The van der Waals surface area contributed by atoms with E-state index in [4.69, 9.17) is 11.6 Å². The summed E-state index contributed by atoms with van der Waals surface area (Å²) in [6, 6.07) is 14.2. The largest absolute Gasteiger partial charge is 0.334 e. The Kier molecular flexibility index (Phi) is 5.00. The van der Waals surface area contributed by atoms with Gasteiger partial charge in [0.05, 0.1) is 0 Å². The van der Waals surface area contributed by atoms with Gasteiger partial charge in [-0.2, -0.15) is 0 Å². The van der Waals surface area contributed by atoms with Crippen LogP contribution >= 0.6 is 11.6 Å². The molecule has 124 valence electrons. The Balaban J connectivity index is 1.73. The van der Waals surface area contributed by atoms with Crippen LogP contribution in [0, 0.1) is 11.7 Å². The summed E-state index contributed by atoms with van der Waals surface area (Å²) in [5.74, 6) is -0.198. The van der Waals surface area contributed by atoms with Crippen molar-refractivity contribution in [2.45, 2.75) is 18.9 Å². The molecule has 24 heavy (non-hydrogen) atoms. The van der Waals surface area contributed by atoms with Gasteiger partial charge in [-0.05, 0) is 30.0 Å². The van der Waals surface area contributed by atoms with E-state index in [2.05, 4.69) is 6.58 Å². The van der Waals surface area contributed by atoms with Crippen LogP contribution in [0.25, 0.3) is 0 Å². The van der Waals surface area contributed by atoms with Crippen LogP contribution in [0.5, 0.6) is 0 Å². The zero-order valence-corrected chi connectivity index (χ0v) is 14.0. The van der Waals surface area contributed by atoms with Gasteiger partial charge >= 0.3 is 0 Å². The quantitative estimate of drug-likeness (QED) is 0.690. The van der Waals surface area contributed by atoms with Crippen molar-refractivity contribution in [2.24, 2.45) is 5.92 Å². The van der Waals surface area contributed by atoms with Crippen LogP contribution in [0.3, 0.4) is 0 Å². The third-order valence-electron chi connectivity index (χ3n) is 4.39. The van der Waals surface area contributed by atoms with Gasteiger partial charge in [-0.1, -0.05) is 54.1 Å². The number of hydrogen-bond donors (Lipinski definition) is 0. The van der Waals surface area contributed by atoms with E-state index in [-0.39, 0.29) is 30.1 Å². The first-order valence-electron chi connectivity index (χ1n) is 7.99. The standard InChI is InChI=1S/C20H19ClFNO/c1-2-11-23(13-14-7-3-6-10-19(14)22)20(24)17-12-16(17)15-8-4-5-9-18(15)21/h2-10,16-17H,1,11-13H2. The predicted octanol–water partition coefficient (Wildman–Crippen LogP) is 4.80. The molecule has 2 atom stereocenters. The smallest absolute Gasteiger partial charge is 0.226 e. The van der Waals surface area contributed by atoms with E-state index >= 15 is 0 Å². The Bertz CT molecular complexity index is 761. The fourth-order valence-corrected chi connectivity index (χ4v) is 3.32. The van der Waals surface area contributed by atoms with Crippen LogP contribution in [-0.2, 0) is 11.3 Å². The highest BCUT2D eigenvalue weighted by atomic mass is 35.5. The molecule has 1 aliphatic rings. The summed E-state index contributed by atoms with van der Waals surface area (Å²) >= 11 is 6.23. The predicted molar refractivity (Wildman–Crippen MR) is 94.3 cm³/mol. The summed E-state index contributed by atoms with van der Waals surface area (Å²) in [7, 11) is 0. The lowest BCUT2D eigenvalue weighted by atomic mass is 10.1. The lowest BCUT2D eigenvalue weighted by Gasteiger charge is -2.22. The van der Waals surface area contributed by atoms with E-state index in [9.17, 15) is 9.18 Å². The minimum Gasteiger partial charge on any atom is -0.334 e. The molecule has 1 saturated carbocycles. The molecular formula is C20H19ClFNO. The number of carbonyl (C=O) groups excluding carboxylic acids is 1. The molecule has 0 saturated heterocycles. The summed E-state index contributed by atoms with van der Waals surface area (Å²) in [4.78, 5) is 14.5. The third kappa shape index (κ3) is 3.51. The second-order valence-electron chi connectivity index (χ2n) is 6.07. The van der Waals surface area contributed by atoms with Gasteiger partial charge in [-0.15, -0.1) is 6.58 Å². The van der Waals surface area contributed by atoms with Gasteiger partial charge in [0, 0.05) is 29.6 Å². The van der Waals surface area contributed by atoms with Crippen molar-refractivity contribution in [2.75, 3.05) is 6.54 Å². The Hall–Kier alpha value is -2.13. The molecule has 1 fully saturated rings. The van der Waals surface area contributed by atoms with Crippen LogP contribution in [0.2, 0.25) is 5.02 Å². The number of halogens is 2. The van der Waals surface area contributed by atoms with Gasteiger partial charge in [-0.25, -0.2) is 4.39 Å². The molecule has 2 aromatic carbocycles. The van der Waals surface area contributed by atoms with Crippen LogP contribution < -0.4 is 0 Å². The van der Waals surface area contributed by atoms with Gasteiger partial charge in [0.2, 0.25) is 5.91 Å². The van der Waals surface area contributed by atoms with Gasteiger partial charge in [0.1, 0.15) is 5.82 Å². The first kappa shape index (κ1) is 16.7. The zero-order valence-electron chi connectivity index (χ0n) is 13.3. The van der Waals surface area contributed by atoms with Gasteiger partial charge in [0.25, 0.3) is 0 Å². The Morgan fingerprint density at radius 2 is 1.96 bits per heavy atom. The van der Waals surface area contributed by atoms with Gasteiger partial charge in [0.15, 0.2) is 0 Å². The van der Waals surface area contributed by atoms with Crippen molar-refractivity contribution in [1.82, 2.24) is 4.90 Å². The minimum absolute atomic E-state index is 0.0306. The maximum atomic E-state index is 13.9. The molecule has 0 aliphatic heterocycles. The zero-order chi connectivity index (χ0) is 17.1. The average Bonchev–Trinajstić information content (AvgIpc) is 3.36. The number of rotatable bonds is 6. The molecule has 3 rings (SSSR count). The molecule has 4 heteroatoms. The fraction of sp³-hybridized carbons (Fsp3) is 0.250. The average molecular weight is 344 g/mol. The summed E-state index contributed by atoms with van der Waals surface area (Å²) in [6.45, 7) is 4.36. The lowest BCUT2D eigenvalue weighted by molar-refractivity contribution is -0.132. The first-order chi connectivity index (χ1) is 11.6. The first-order valence-corrected chi connectivity index (χ1v) is 8.37. The molecule has 2 nitrogen and oxygen atoms in total. The van der Waals surface area contributed by atoms with Crippen LogP contribution in [0.15, 0.2) is 61.2 Å². The summed E-state index contributed by atoms with van der Waals surface area (Å²) < 4.78 is 13.9. The van der Waals surface area contributed by atoms with Crippen molar-refractivity contribution in [3.8, 4) is 0 Å². The normalized spacial score (nSPS) is 18.9. The van der Waals surface area contributed by atoms with Gasteiger partial charge < -0.3 is 4.90 Å². The molecule has 0 N–H and O–H groups in total. The minimum atomic E-state index is -0.294. The van der Waals surface area contributed by atoms with E-state index in [0.717, 1.165) is 12.0 Å². The molecule has 0 radical (unpaired) electrons. The number of benzene rings is 2. The number of nitrogens with zero attached hydrogens (tertiary/aromatic N) is 1. The highest BCUT2D eigenvalue weighted by Gasteiger charge is 2.46. The molecule has 0 aromatic heterocycles. The monoisotopic (exact) mass is 343 g/mol. The van der Waals surface area contributed by atoms with Crippen molar-refractivity contribution in [3.63, 3.8) is 0 Å². The van der Waals surface area contributed by atoms with E-state index in [1.807, 2.05) is 24.3 Å². The Labute approximate surface area is 146 Å².